The Morgan fingerprint density at radius 3 is 2.27 bits per heavy atom. The number of benzene rings is 2. The van der Waals surface area contributed by atoms with Crippen molar-refractivity contribution in [3.8, 4) is 11.3 Å². The maximum atomic E-state index is 2.60. The number of hydrogen-bond acceptors (Lipinski definition) is 0. The molecule has 3 aromatic rings. The van der Waals surface area contributed by atoms with Crippen molar-refractivity contribution in [2.45, 2.75) is 65.3 Å². The Morgan fingerprint density at radius 1 is 0.885 bits per heavy atom. The molecule has 2 heterocycles. The highest BCUT2D eigenvalue weighted by atomic mass is 15.1. The first-order valence-corrected chi connectivity index (χ1v) is 9.76. The first kappa shape index (κ1) is 17.3. The van der Waals surface area contributed by atoms with Gasteiger partial charge in [-0.1, -0.05) is 38.1 Å². The van der Waals surface area contributed by atoms with E-state index in [0.29, 0.717) is 5.92 Å². The highest BCUT2D eigenvalue weighted by molar-refractivity contribution is 5.81. The number of para-hydroxylation sites is 1. The Kier molecular flexibility index (Phi) is 3.60. The molecule has 4 rings (SSSR count). The van der Waals surface area contributed by atoms with E-state index in [1.165, 1.54) is 38.9 Å². The lowest BCUT2D eigenvalue weighted by Gasteiger charge is -2.43. The number of nitrogens with zero attached hydrogens (tertiary/aromatic N) is 1. The standard InChI is InChI=1S/C25H30N/c1-16(2)18-12-13-21-20(15-18)23-17(3)14-19-10-8-9-11-22(19)26(23)25(6,7)24(21,4)5/h8-16H,1-7H3/q+1. The minimum Gasteiger partial charge on any atom is -0.185 e. The van der Waals surface area contributed by atoms with Crippen LogP contribution in [0.5, 0.6) is 0 Å². The Bertz CT molecular complexity index is 1020. The van der Waals surface area contributed by atoms with Crippen molar-refractivity contribution >= 4 is 10.9 Å². The molecular weight excluding hydrogens is 314 g/mol. The maximum Gasteiger partial charge on any atom is 0.216 e. The molecule has 2 aromatic carbocycles. The summed E-state index contributed by atoms with van der Waals surface area (Å²) >= 11 is 0. The molecule has 1 nitrogen and oxygen atoms in total. The molecule has 0 N–H and O–H groups in total. The van der Waals surface area contributed by atoms with E-state index in [0.717, 1.165) is 0 Å². The predicted octanol–water partition coefficient (Wildman–Crippen LogP) is 6.25. The van der Waals surface area contributed by atoms with Crippen LogP contribution < -0.4 is 4.57 Å². The molecule has 0 radical (unpaired) electrons. The molecule has 134 valence electrons. The zero-order valence-electron chi connectivity index (χ0n) is 17.1. The van der Waals surface area contributed by atoms with E-state index in [1.807, 2.05) is 0 Å². The summed E-state index contributed by atoms with van der Waals surface area (Å²) in [6.07, 6.45) is 0. The van der Waals surface area contributed by atoms with Gasteiger partial charge in [-0.25, -0.2) is 0 Å². The third-order valence-corrected chi connectivity index (χ3v) is 6.87. The zero-order chi connectivity index (χ0) is 18.9. The van der Waals surface area contributed by atoms with Gasteiger partial charge < -0.3 is 0 Å². The summed E-state index contributed by atoms with van der Waals surface area (Å²) in [6.45, 7) is 16.4. The summed E-state index contributed by atoms with van der Waals surface area (Å²) in [5, 5.41) is 1.32. The minimum atomic E-state index is -0.0275. The molecule has 0 unspecified atom stereocenters. The first-order chi connectivity index (χ1) is 12.2. The molecule has 26 heavy (non-hydrogen) atoms. The van der Waals surface area contributed by atoms with Crippen molar-refractivity contribution in [1.29, 1.82) is 0 Å². The molecule has 0 saturated carbocycles. The third kappa shape index (κ3) is 2.13. The van der Waals surface area contributed by atoms with Gasteiger partial charge in [-0.3, -0.25) is 0 Å². The molecule has 0 fully saturated rings. The lowest BCUT2D eigenvalue weighted by Crippen LogP contribution is -2.66. The predicted molar refractivity (Wildman–Crippen MR) is 111 cm³/mol. The molecule has 0 bridgehead atoms. The summed E-state index contributed by atoms with van der Waals surface area (Å²) < 4.78 is 2.60. The van der Waals surface area contributed by atoms with Crippen molar-refractivity contribution < 1.29 is 4.57 Å². The van der Waals surface area contributed by atoms with E-state index in [-0.39, 0.29) is 11.0 Å². The van der Waals surface area contributed by atoms with Crippen molar-refractivity contribution in [3.05, 3.63) is 65.2 Å². The fraction of sp³-hybridized carbons (Fsp3) is 0.400. The maximum absolute atomic E-state index is 2.60. The Balaban J connectivity index is 2.21. The van der Waals surface area contributed by atoms with Crippen molar-refractivity contribution in [2.24, 2.45) is 0 Å². The van der Waals surface area contributed by atoms with E-state index < -0.39 is 0 Å². The van der Waals surface area contributed by atoms with Gasteiger partial charge in [0.05, 0.1) is 11.0 Å². The van der Waals surface area contributed by atoms with Crippen LogP contribution in [0.1, 0.15) is 64.2 Å². The van der Waals surface area contributed by atoms with Crippen LogP contribution in [0.4, 0.5) is 0 Å². The summed E-state index contributed by atoms with van der Waals surface area (Å²) in [5.74, 6) is 0.535. The second-order valence-electron chi connectivity index (χ2n) is 9.21. The van der Waals surface area contributed by atoms with E-state index in [9.17, 15) is 0 Å². The second-order valence-corrected chi connectivity index (χ2v) is 9.21. The molecule has 1 heteroatoms. The van der Waals surface area contributed by atoms with Crippen LogP contribution in [-0.4, -0.2) is 0 Å². The smallest absolute Gasteiger partial charge is 0.185 e. The molecule has 0 atom stereocenters. The average molecular weight is 345 g/mol. The molecule has 0 amide bonds. The number of aromatic nitrogens is 1. The molecular formula is C25H30N+. The zero-order valence-corrected chi connectivity index (χ0v) is 17.1. The highest BCUT2D eigenvalue weighted by Gasteiger charge is 2.53. The highest BCUT2D eigenvalue weighted by Crippen LogP contribution is 2.47. The van der Waals surface area contributed by atoms with Crippen LogP contribution in [0.3, 0.4) is 0 Å². The van der Waals surface area contributed by atoms with Gasteiger partial charge in [0.25, 0.3) is 0 Å². The number of fused-ring (bicyclic) bond motifs is 5. The SMILES string of the molecule is Cc1cc2ccccc2[n+]2c1-c1cc(C(C)C)ccc1C(C)(C)C2(C)C. The number of pyridine rings is 1. The monoisotopic (exact) mass is 344 g/mol. The fourth-order valence-electron chi connectivity index (χ4n) is 4.60. The molecule has 0 aliphatic carbocycles. The Labute approximate surface area is 157 Å². The van der Waals surface area contributed by atoms with Crippen molar-refractivity contribution in [3.63, 3.8) is 0 Å². The quantitative estimate of drug-likeness (QED) is 0.459. The lowest BCUT2D eigenvalue weighted by atomic mass is 9.64. The van der Waals surface area contributed by atoms with E-state index in [2.05, 4.69) is 102 Å². The number of rotatable bonds is 1. The van der Waals surface area contributed by atoms with Gasteiger partial charge in [0.1, 0.15) is 0 Å². The fourth-order valence-corrected chi connectivity index (χ4v) is 4.60. The summed E-state index contributed by atoms with van der Waals surface area (Å²) in [7, 11) is 0. The molecule has 1 aliphatic heterocycles. The average Bonchev–Trinajstić information content (AvgIpc) is 2.58. The Morgan fingerprint density at radius 2 is 1.58 bits per heavy atom. The van der Waals surface area contributed by atoms with Gasteiger partial charge in [0, 0.05) is 30.9 Å². The molecule has 0 saturated heterocycles. The van der Waals surface area contributed by atoms with Gasteiger partial charge >= 0.3 is 0 Å². The summed E-state index contributed by atoms with van der Waals surface area (Å²) in [6, 6.07) is 18.3. The van der Waals surface area contributed by atoms with Crippen LogP contribution >= 0.6 is 0 Å². The van der Waals surface area contributed by atoms with Crippen molar-refractivity contribution in [1.82, 2.24) is 0 Å². The van der Waals surface area contributed by atoms with Gasteiger partial charge in [-0.05, 0) is 56.0 Å². The van der Waals surface area contributed by atoms with E-state index in [4.69, 9.17) is 0 Å². The van der Waals surface area contributed by atoms with Gasteiger partial charge in [0.2, 0.25) is 11.2 Å². The van der Waals surface area contributed by atoms with Crippen molar-refractivity contribution in [2.75, 3.05) is 0 Å². The van der Waals surface area contributed by atoms with Gasteiger partial charge in [-0.15, -0.1) is 0 Å². The normalized spacial score (nSPS) is 17.2. The van der Waals surface area contributed by atoms with Crippen LogP contribution in [0, 0.1) is 6.92 Å². The van der Waals surface area contributed by atoms with E-state index >= 15 is 0 Å². The van der Waals surface area contributed by atoms with E-state index in [1.54, 1.807) is 0 Å². The Hall–Kier alpha value is -2.15. The molecule has 0 spiro atoms. The van der Waals surface area contributed by atoms with Crippen LogP contribution in [0.15, 0.2) is 48.5 Å². The molecule has 1 aliphatic rings. The summed E-state index contributed by atoms with van der Waals surface area (Å²) in [5.41, 5.74) is 8.35. The lowest BCUT2D eigenvalue weighted by molar-refractivity contribution is -0.737. The molecule has 1 aromatic heterocycles. The van der Waals surface area contributed by atoms with Crippen LogP contribution in [0.2, 0.25) is 0 Å². The first-order valence-electron chi connectivity index (χ1n) is 9.76. The minimum absolute atomic E-state index is 0.0275. The second kappa shape index (κ2) is 5.42. The van der Waals surface area contributed by atoms with Gasteiger partial charge in [-0.2, -0.15) is 4.57 Å². The largest absolute Gasteiger partial charge is 0.216 e. The van der Waals surface area contributed by atoms with Gasteiger partial charge in [0.15, 0.2) is 5.54 Å². The third-order valence-electron chi connectivity index (χ3n) is 6.87. The van der Waals surface area contributed by atoms with Crippen LogP contribution in [0.25, 0.3) is 22.2 Å². The van der Waals surface area contributed by atoms with Crippen LogP contribution in [-0.2, 0) is 11.0 Å². The number of aryl methyl sites for hydroxylation is 1. The topological polar surface area (TPSA) is 3.88 Å². The summed E-state index contributed by atoms with van der Waals surface area (Å²) in [4.78, 5) is 0. The number of hydrogen-bond donors (Lipinski definition) is 0.